The number of carbonyl (C=O) groups excluding carboxylic acids is 2. The Morgan fingerprint density at radius 3 is 1.33 bits per heavy atom. The molecule has 0 aliphatic heterocycles. The van der Waals surface area contributed by atoms with Crippen molar-refractivity contribution in [2.24, 2.45) is 10.2 Å². The molecule has 0 unspecified atom stereocenters. The monoisotopic (exact) mass is 466 g/mol. The largest absolute Gasteiger partial charge is 0.272 e. The number of benzene rings is 2. The first-order chi connectivity index (χ1) is 15.4. The number of rotatable bonds is 8. The van der Waals surface area contributed by atoms with Gasteiger partial charge in [0.05, 0.1) is 23.9 Å². The number of nitrogens with one attached hydrogen (secondary N) is 2. The van der Waals surface area contributed by atoms with Gasteiger partial charge in [0.2, 0.25) is 11.8 Å². The summed E-state index contributed by atoms with van der Waals surface area (Å²) in [6.45, 7) is 13.0. The van der Waals surface area contributed by atoms with Crippen molar-refractivity contribution in [3.05, 3.63) is 70.8 Å². The van der Waals surface area contributed by atoms with Crippen LogP contribution in [0.25, 0.3) is 0 Å². The highest BCUT2D eigenvalue weighted by molar-refractivity contribution is 8.00. The summed E-state index contributed by atoms with van der Waals surface area (Å²) < 4.78 is 0. The Bertz CT molecular complexity index is 901. The van der Waals surface area contributed by atoms with Gasteiger partial charge < -0.3 is 0 Å². The number of amides is 2. The molecule has 0 atom stereocenters. The van der Waals surface area contributed by atoms with Crippen molar-refractivity contribution in [2.75, 3.05) is 11.5 Å². The number of nitrogens with zero attached hydrogens (tertiary/aromatic N) is 2. The summed E-state index contributed by atoms with van der Waals surface area (Å²) >= 11 is 1.20. The van der Waals surface area contributed by atoms with Gasteiger partial charge in [0.25, 0.3) is 0 Å². The molecule has 0 saturated carbocycles. The highest BCUT2D eigenvalue weighted by Crippen LogP contribution is 2.22. The molecular weight excluding hydrogens is 432 g/mol. The quantitative estimate of drug-likeness (QED) is 0.440. The normalized spacial score (nSPS) is 12.3. The first-order valence-corrected chi connectivity index (χ1v) is 12.0. The lowest BCUT2D eigenvalue weighted by Crippen LogP contribution is -2.23. The van der Waals surface area contributed by atoms with Crippen LogP contribution in [0.5, 0.6) is 0 Å². The molecule has 0 aliphatic rings. The number of carbonyl (C=O) groups is 2. The zero-order valence-corrected chi connectivity index (χ0v) is 21.1. The second-order valence-corrected chi connectivity index (χ2v) is 10.8. The third-order valence-corrected chi connectivity index (χ3v) is 5.76. The van der Waals surface area contributed by atoms with E-state index in [0.717, 1.165) is 11.1 Å². The highest BCUT2D eigenvalue weighted by Gasteiger charge is 2.13. The molecule has 0 fully saturated rings. The van der Waals surface area contributed by atoms with Gasteiger partial charge >= 0.3 is 0 Å². The van der Waals surface area contributed by atoms with E-state index in [-0.39, 0.29) is 34.2 Å². The van der Waals surface area contributed by atoms with Gasteiger partial charge in [0, 0.05) is 0 Å². The molecule has 176 valence electrons. The van der Waals surface area contributed by atoms with Crippen LogP contribution in [0.3, 0.4) is 0 Å². The first kappa shape index (κ1) is 26.3. The SMILES string of the molecule is CC(C)(C)c1ccc(/C=N/NC(=O)CSCC(=O)N/N=C/c2ccc(C(C)(C)C)cc2)cc1. The summed E-state index contributed by atoms with van der Waals surface area (Å²) in [5, 5.41) is 7.95. The first-order valence-electron chi connectivity index (χ1n) is 10.9. The van der Waals surface area contributed by atoms with Crippen LogP contribution in [0.2, 0.25) is 0 Å². The van der Waals surface area contributed by atoms with Crippen molar-refractivity contribution in [1.82, 2.24) is 10.9 Å². The van der Waals surface area contributed by atoms with Crippen LogP contribution in [-0.4, -0.2) is 35.7 Å². The van der Waals surface area contributed by atoms with E-state index >= 15 is 0 Å². The number of hydrogen-bond acceptors (Lipinski definition) is 5. The van der Waals surface area contributed by atoms with E-state index in [1.165, 1.54) is 22.9 Å². The lowest BCUT2D eigenvalue weighted by Gasteiger charge is -2.18. The minimum Gasteiger partial charge on any atom is -0.272 e. The second-order valence-electron chi connectivity index (χ2n) is 9.82. The third-order valence-electron chi connectivity index (χ3n) is 4.83. The van der Waals surface area contributed by atoms with Crippen molar-refractivity contribution in [3.63, 3.8) is 0 Å². The van der Waals surface area contributed by atoms with E-state index in [2.05, 4.69) is 86.9 Å². The standard InChI is InChI=1S/C26H34N4O2S/c1-25(2,3)21-11-7-19(8-12-21)15-27-29-23(31)17-33-18-24(32)30-28-16-20-9-13-22(14-10-20)26(4,5)6/h7-16H,17-18H2,1-6H3,(H,29,31)(H,30,32)/b27-15+,28-16+. The van der Waals surface area contributed by atoms with Crippen LogP contribution in [-0.2, 0) is 20.4 Å². The zero-order chi connectivity index (χ0) is 24.5. The minimum atomic E-state index is -0.266. The maximum atomic E-state index is 11.9. The van der Waals surface area contributed by atoms with Crippen molar-refractivity contribution in [2.45, 2.75) is 52.4 Å². The Kier molecular flexibility index (Phi) is 9.41. The summed E-state index contributed by atoms with van der Waals surface area (Å²) in [7, 11) is 0. The van der Waals surface area contributed by atoms with Gasteiger partial charge in [-0.3, -0.25) is 9.59 Å². The van der Waals surface area contributed by atoms with Crippen LogP contribution in [0.4, 0.5) is 0 Å². The van der Waals surface area contributed by atoms with Crippen LogP contribution in [0.15, 0.2) is 58.7 Å². The molecule has 7 heteroatoms. The van der Waals surface area contributed by atoms with E-state index < -0.39 is 0 Å². The molecule has 2 N–H and O–H groups in total. The number of thioether (sulfide) groups is 1. The molecule has 0 heterocycles. The van der Waals surface area contributed by atoms with Crippen molar-refractivity contribution in [1.29, 1.82) is 0 Å². The number of hydrogen-bond donors (Lipinski definition) is 2. The Balaban J connectivity index is 1.67. The van der Waals surface area contributed by atoms with Gasteiger partial charge in [-0.1, -0.05) is 90.1 Å². The van der Waals surface area contributed by atoms with E-state index in [0.29, 0.717) is 0 Å². The summed E-state index contributed by atoms with van der Waals surface area (Å²) in [4.78, 5) is 23.8. The Morgan fingerprint density at radius 1 is 0.697 bits per heavy atom. The predicted octanol–water partition coefficient (Wildman–Crippen LogP) is 4.62. The average molecular weight is 467 g/mol. The summed E-state index contributed by atoms with van der Waals surface area (Å²) in [6.07, 6.45) is 3.20. The minimum absolute atomic E-state index is 0.0937. The molecule has 6 nitrogen and oxygen atoms in total. The Morgan fingerprint density at radius 2 is 1.03 bits per heavy atom. The lowest BCUT2D eigenvalue weighted by molar-refractivity contribution is -0.118. The molecule has 2 aromatic rings. The molecular formula is C26H34N4O2S. The predicted molar refractivity (Wildman–Crippen MR) is 139 cm³/mol. The fourth-order valence-electron chi connectivity index (χ4n) is 2.80. The molecule has 0 saturated heterocycles. The van der Waals surface area contributed by atoms with E-state index in [4.69, 9.17) is 0 Å². The second kappa shape index (κ2) is 11.8. The van der Waals surface area contributed by atoms with Gasteiger partial charge in [-0.2, -0.15) is 10.2 Å². The van der Waals surface area contributed by atoms with E-state index in [1.807, 2.05) is 24.3 Å². The van der Waals surface area contributed by atoms with Crippen LogP contribution in [0.1, 0.15) is 63.8 Å². The smallest absolute Gasteiger partial charge is 0.250 e. The van der Waals surface area contributed by atoms with Crippen LogP contribution >= 0.6 is 11.8 Å². The van der Waals surface area contributed by atoms with Crippen molar-refractivity contribution >= 4 is 36.0 Å². The Hall–Kier alpha value is -2.93. The molecule has 0 aliphatic carbocycles. The highest BCUT2D eigenvalue weighted by atomic mass is 32.2. The molecule has 0 bridgehead atoms. The maximum absolute atomic E-state index is 11.9. The van der Waals surface area contributed by atoms with Crippen LogP contribution < -0.4 is 10.9 Å². The summed E-state index contributed by atoms with van der Waals surface area (Å²) in [5.41, 5.74) is 9.43. The molecule has 0 aromatic heterocycles. The topological polar surface area (TPSA) is 82.9 Å². The molecule has 33 heavy (non-hydrogen) atoms. The fourth-order valence-corrected chi connectivity index (χ4v) is 3.40. The zero-order valence-electron chi connectivity index (χ0n) is 20.3. The summed E-state index contributed by atoms with van der Waals surface area (Å²) in [5.74, 6) is -0.271. The average Bonchev–Trinajstić information content (AvgIpc) is 2.73. The van der Waals surface area contributed by atoms with Gasteiger partial charge in [0.15, 0.2) is 0 Å². The van der Waals surface area contributed by atoms with Gasteiger partial charge in [-0.15, -0.1) is 11.8 Å². The molecule has 2 rings (SSSR count). The van der Waals surface area contributed by atoms with Gasteiger partial charge in [-0.05, 0) is 33.1 Å². The van der Waals surface area contributed by atoms with Crippen molar-refractivity contribution in [3.8, 4) is 0 Å². The molecule has 0 spiro atoms. The molecule has 2 amide bonds. The number of hydrazone groups is 2. The van der Waals surface area contributed by atoms with Crippen LogP contribution in [0, 0.1) is 0 Å². The Labute approximate surface area is 201 Å². The fraction of sp³-hybridized carbons (Fsp3) is 0.385. The maximum Gasteiger partial charge on any atom is 0.250 e. The third kappa shape index (κ3) is 9.61. The van der Waals surface area contributed by atoms with Gasteiger partial charge in [-0.25, -0.2) is 10.9 Å². The lowest BCUT2D eigenvalue weighted by atomic mass is 9.87. The summed E-state index contributed by atoms with van der Waals surface area (Å²) in [6, 6.07) is 16.1. The molecule has 2 aromatic carbocycles. The van der Waals surface area contributed by atoms with E-state index in [9.17, 15) is 9.59 Å². The van der Waals surface area contributed by atoms with E-state index in [1.54, 1.807) is 12.4 Å². The van der Waals surface area contributed by atoms with Gasteiger partial charge in [0.1, 0.15) is 0 Å². The van der Waals surface area contributed by atoms with Crippen molar-refractivity contribution < 1.29 is 9.59 Å². The molecule has 0 radical (unpaired) electrons.